The quantitative estimate of drug-likeness (QED) is 0.645. The Morgan fingerprint density at radius 3 is 2.48 bits per heavy atom. The summed E-state index contributed by atoms with van der Waals surface area (Å²) in [6, 6.07) is 16.7. The third-order valence-electron chi connectivity index (χ3n) is 5.05. The smallest absolute Gasteiger partial charge is 0.291 e. The van der Waals surface area contributed by atoms with Crippen LogP contribution in [0.4, 0.5) is 5.69 Å². The molecule has 4 heteroatoms. The van der Waals surface area contributed by atoms with E-state index in [1.807, 2.05) is 24.3 Å². The van der Waals surface area contributed by atoms with Gasteiger partial charge in [-0.15, -0.1) is 0 Å². The molecule has 0 radical (unpaired) electrons. The lowest BCUT2D eigenvalue weighted by molar-refractivity contribution is 0.0994. The Balaban J connectivity index is 1.53. The zero-order valence-electron chi connectivity index (χ0n) is 15.2. The summed E-state index contributed by atoms with van der Waals surface area (Å²) in [5.74, 6) is 0.646. The average molecular weight is 359 g/mol. The minimum absolute atomic E-state index is 0.0206. The molecule has 0 bridgehead atoms. The van der Waals surface area contributed by atoms with Crippen LogP contribution in [0.1, 0.15) is 51.8 Å². The average Bonchev–Trinajstić information content (AvgIpc) is 3.19. The first-order chi connectivity index (χ1) is 13.1. The first-order valence-electron chi connectivity index (χ1n) is 9.25. The molecule has 1 amide bonds. The predicted molar refractivity (Wildman–Crippen MR) is 105 cm³/mol. The van der Waals surface area contributed by atoms with Gasteiger partial charge >= 0.3 is 0 Å². The normalized spacial score (nSPS) is 13.1. The highest BCUT2D eigenvalue weighted by Gasteiger charge is 2.17. The van der Waals surface area contributed by atoms with Gasteiger partial charge in [-0.05, 0) is 61.9 Å². The third kappa shape index (κ3) is 3.56. The van der Waals surface area contributed by atoms with E-state index in [4.69, 9.17) is 4.42 Å². The molecule has 0 unspecified atom stereocenters. The van der Waals surface area contributed by atoms with E-state index < -0.39 is 0 Å². The van der Waals surface area contributed by atoms with Crippen molar-refractivity contribution in [3.8, 4) is 11.3 Å². The summed E-state index contributed by atoms with van der Waals surface area (Å²) in [6.07, 6.45) is 4.42. The molecule has 0 atom stereocenters. The number of benzene rings is 2. The van der Waals surface area contributed by atoms with Gasteiger partial charge in [0.1, 0.15) is 5.76 Å². The summed E-state index contributed by atoms with van der Waals surface area (Å²) in [6.45, 7) is 1.53. The second-order valence-corrected chi connectivity index (χ2v) is 6.90. The summed E-state index contributed by atoms with van der Waals surface area (Å²) in [5.41, 5.74) is 4.92. The number of hydrogen-bond acceptors (Lipinski definition) is 3. The molecule has 1 aliphatic rings. The Kier molecular flexibility index (Phi) is 4.63. The van der Waals surface area contributed by atoms with E-state index in [1.54, 1.807) is 24.3 Å². The predicted octanol–water partition coefficient (Wildman–Crippen LogP) is 5.28. The largest absolute Gasteiger partial charge is 0.451 e. The molecule has 27 heavy (non-hydrogen) atoms. The van der Waals surface area contributed by atoms with E-state index in [0.29, 0.717) is 11.3 Å². The lowest BCUT2D eigenvalue weighted by Crippen LogP contribution is -2.14. The molecule has 4 nitrogen and oxygen atoms in total. The van der Waals surface area contributed by atoms with Crippen LogP contribution < -0.4 is 5.32 Å². The minimum Gasteiger partial charge on any atom is -0.451 e. The summed E-state index contributed by atoms with van der Waals surface area (Å²) < 4.78 is 5.75. The van der Waals surface area contributed by atoms with E-state index in [-0.39, 0.29) is 17.5 Å². The maximum Gasteiger partial charge on any atom is 0.291 e. The van der Waals surface area contributed by atoms with Crippen LogP contribution in [-0.4, -0.2) is 11.7 Å². The molecule has 1 N–H and O–H groups in total. The van der Waals surface area contributed by atoms with Crippen molar-refractivity contribution in [2.75, 3.05) is 5.32 Å². The molecule has 0 spiro atoms. The van der Waals surface area contributed by atoms with Crippen LogP contribution in [0.5, 0.6) is 0 Å². The molecule has 4 rings (SSSR count). The Morgan fingerprint density at radius 2 is 1.70 bits per heavy atom. The number of amides is 1. The second kappa shape index (κ2) is 7.23. The van der Waals surface area contributed by atoms with Crippen molar-refractivity contribution < 1.29 is 14.0 Å². The lowest BCUT2D eigenvalue weighted by Gasteiger charge is -2.19. The van der Waals surface area contributed by atoms with Crippen LogP contribution >= 0.6 is 0 Å². The number of aryl methyl sites for hydroxylation is 1. The van der Waals surface area contributed by atoms with Crippen LogP contribution in [0.15, 0.2) is 59.0 Å². The number of furan rings is 1. The monoisotopic (exact) mass is 359 g/mol. The highest BCUT2D eigenvalue weighted by molar-refractivity contribution is 6.03. The van der Waals surface area contributed by atoms with Crippen molar-refractivity contribution in [1.29, 1.82) is 0 Å². The number of hydrogen-bond donors (Lipinski definition) is 1. The van der Waals surface area contributed by atoms with Crippen molar-refractivity contribution in [2.24, 2.45) is 0 Å². The molecule has 1 aliphatic carbocycles. The fraction of sp³-hybridized carbons (Fsp3) is 0.217. The molecule has 0 saturated carbocycles. The number of ketones is 1. The van der Waals surface area contributed by atoms with Gasteiger partial charge in [0.15, 0.2) is 11.5 Å². The van der Waals surface area contributed by atoms with Crippen LogP contribution in [0, 0.1) is 0 Å². The van der Waals surface area contributed by atoms with Gasteiger partial charge in [0.2, 0.25) is 0 Å². The standard InChI is InChI=1S/C23H21NO3/c1-15(25)16-9-11-18(12-10-16)21-13-14-22(27-21)23(26)24-20-8-4-6-17-5-2-3-7-19(17)20/h4,6,8-14H,2-3,5,7H2,1H3,(H,24,26). The third-order valence-corrected chi connectivity index (χ3v) is 5.05. The molecule has 0 saturated heterocycles. The summed E-state index contributed by atoms with van der Waals surface area (Å²) in [5, 5.41) is 3.00. The molecule has 3 aromatic rings. The van der Waals surface area contributed by atoms with Crippen LogP contribution in [-0.2, 0) is 12.8 Å². The first kappa shape index (κ1) is 17.3. The van der Waals surface area contributed by atoms with Crippen molar-refractivity contribution >= 4 is 17.4 Å². The van der Waals surface area contributed by atoms with Crippen LogP contribution in [0.25, 0.3) is 11.3 Å². The Hall–Kier alpha value is -3.14. The van der Waals surface area contributed by atoms with Gasteiger partial charge in [0.05, 0.1) is 0 Å². The van der Waals surface area contributed by atoms with E-state index in [0.717, 1.165) is 30.5 Å². The van der Waals surface area contributed by atoms with E-state index in [2.05, 4.69) is 11.4 Å². The van der Waals surface area contributed by atoms with Gasteiger partial charge in [-0.1, -0.05) is 36.4 Å². The number of Topliss-reactive ketones (excluding diaryl/α,β-unsaturated/α-hetero) is 1. The zero-order chi connectivity index (χ0) is 18.8. The Bertz CT molecular complexity index is 999. The first-order valence-corrected chi connectivity index (χ1v) is 9.25. The summed E-state index contributed by atoms with van der Waals surface area (Å²) >= 11 is 0. The molecule has 136 valence electrons. The van der Waals surface area contributed by atoms with Gasteiger partial charge in [-0.2, -0.15) is 0 Å². The number of fused-ring (bicyclic) bond motifs is 1. The molecule has 1 heterocycles. The van der Waals surface area contributed by atoms with Gasteiger partial charge in [-0.25, -0.2) is 0 Å². The number of carbonyl (C=O) groups excluding carboxylic acids is 2. The fourth-order valence-electron chi connectivity index (χ4n) is 3.57. The summed E-state index contributed by atoms with van der Waals surface area (Å²) in [7, 11) is 0. The van der Waals surface area contributed by atoms with Crippen molar-refractivity contribution in [3.05, 3.63) is 77.0 Å². The highest BCUT2D eigenvalue weighted by Crippen LogP contribution is 2.29. The lowest BCUT2D eigenvalue weighted by atomic mass is 9.90. The van der Waals surface area contributed by atoms with E-state index in [9.17, 15) is 9.59 Å². The van der Waals surface area contributed by atoms with E-state index >= 15 is 0 Å². The molecule has 0 aliphatic heterocycles. The highest BCUT2D eigenvalue weighted by atomic mass is 16.3. The number of carbonyl (C=O) groups is 2. The number of rotatable bonds is 4. The second-order valence-electron chi connectivity index (χ2n) is 6.90. The fourth-order valence-corrected chi connectivity index (χ4v) is 3.57. The van der Waals surface area contributed by atoms with Crippen molar-refractivity contribution in [1.82, 2.24) is 0 Å². The number of anilines is 1. The topological polar surface area (TPSA) is 59.3 Å². The molecular formula is C23H21NO3. The molecule has 0 fully saturated rings. The summed E-state index contributed by atoms with van der Waals surface area (Å²) in [4.78, 5) is 24.0. The minimum atomic E-state index is -0.249. The maximum absolute atomic E-state index is 12.6. The van der Waals surface area contributed by atoms with E-state index in [1.165, 1.54) is 24.5 Å². The van der Waals surface area contributed by atoms with Gasteiger partial charge < -0.3 is 9.73 Å². The van der Waals surface area contributed by atoms with Crippen LogP contribution in [0.3, 0.4) is 0 Å². The zero-order valence-corrected chi connectivity index (χ0v) is 15.2. The van der Waals surface area contributed by atoms with Gasteiger partial charge in [-0.3, -0.25) is 9.59 Å². The molecule has 2 aromatic carbocycles. The molecule has 1 aromatic heterocycles. The number of nitrogens with one attached hydrogen (secondary N) is 1. The van der Waals surface area contributed by atoms with Crippen LogP contribution in [0.2, 0.25) is 0 Å². The Morgan fingerprint density at radius 1 is 0.926 bits per heavy atom. The van der Waals surface area contributed by atoms with Gasteiger partial charge in [0, 0.05) is 16.8 Å². The SMILES string of the molecule is CC(=O)c1ccc(-c2ccc(C(=O)Nc3cccc4c3CCCC4)o2)cc1. The Labute approximate surface area is 158 Å². The van der Waals surface area contributed by atoms with Crippen molar-refractivity contribution in [2.45, 2.75) is 32.6 Å². The maximum atomic E-state index is 12.6. The molecular weight excluding hydrogens is 338 g/mol. The van der Waals surface area contributed by atoms with Crippen molar-refractivity contribution in [3.63, 3.8) is 0 Å². The van der Waals surface area contributed by atoms with Gasteiger partial charge in [0.25, 0.3) is 5.91 Å².